The fourth-order valence-electron chi connectivity index (χ4n) is 1.90. The number of hydrogen-bond acceptors (Lipinski definition) is 2. The van der Waals surface area contributed by atoms with Gasteiger partial charge in [0.1, 0.15) is 12.4 Å². The van der Waals surface area contributed by atoms with E-state index in [-0.39, 0.29) is 37.5 Å². The van der Waals surface area contributed by atoms with Crippen LogP contribution in [0.4, 0.5) is 26.3 Å². The Kier molecular flexibility index (Phi) is 7.13. The van der Waals surface area contributed by atoms with Crippen molar-refractivity contribution in [2.24, 2.45) is 5.92 Å². The van der Waals surface area contributed by atoms with Crippen LogP contribution in [-0.4, -0.2) is 19.1 Å². The SMILES string of the molecule is CCC(C)CC(=O)NCCOc1cc(C(F)(F)F)cc(C(F)(F)F)c1. The number of halogens is 6. The Bertz CT molecular complexity index is 551. The summed E-state index contributed by atoms with van der Waals surface area (Å²) in [6.07, 6.45) is -8.75. The standard InChI is InChI=1S/C16H19F6NO2/c1-3-10(2)6-14(24)23-4-5-25-13-8-11(15(17,18)19)7-12(9-13)16(20,21)22/h7-10H,3-6H2,1-2H3,(H,23,24). The first kappa shape index (κ1) is 21.1. The molecular weight excluding hydrogens is 352 g/mol. The van der Waals surface area contributed by atoms with E-state index in [0.717, 1.165) is 6.42 Å². The van der Waals surface area contributed by atoms with Crippen LogP contribution < -0.4 is 10.1 Å². The number of alkyl halides is 6. The zero-order valence-electron chi connectivity index (χ0n) is 13.7. The quantitative estimate of drug-likeness (QED) is 0.559. The van der Waals surface area contributed by atoms with E-state index in [4.69, 9.17) is 4.74 Å². The van der Waals surface area contributed by atoms with Gasteiger partial charge < -0.3 is 10.1 Å². The average molecular weight is 371 g/mol. The van der Waals surface area contributed by atoms with Crippen molar-refractivity contribution in [2.45, 2.75) is 39.0 Å². The molecule has 0 aliphatic carbocycles. The lowest BCUT2D eigenvalue weighted by Crippen LogP contribution is -2.29. The largest absolute Gasteiger partial charge is 0.492 e. The summed E-state index contributed by atoms with van der Waals surface area (Å²) in [7, 11) is 0. The maximum absolute atomic E-state index is 12.7. The molecule has 0 saturated carbocycles. The van der Waals surface area contributed by atoms with Gasteiger partial charge in [-0.2, -0.15) is 26.3 Å². The summed E-state index contributed by atoms with van der Waals surface area (Å²) in [5.74, 6) is -0.630. The number of benzene rings is 1. The van der Waals surface area contributed by atoms with Crippen molar-refractivity contribution in [2.75, 3.05) is 13.2 Å². The van der Waals surface area contributed by atoms with Crippen LogP contribution in [0, 0.1) is 5.92 Å². The van der Waals surface area contributed by atoms with Crippen molar-refractivity contribution in [3.05, 3.63) is 29.3 Å². The highest BCUT2D eigenvalue weighted by Gasteiger charge is 2.37. The monoisotopic (exact) mass is 371 g/mol. The number of nitrogens with one attached hydrogen (secondary N) is 1. The molecule has 1 N–H and O–H groups in total. The Morgan fingerprint density at radius 1 is 1.08 bits per heavy atom. The number of carbonyl (C=O) groups excluding carboxylic acids is 1. The predicted molar refractivity (Wildman–Crippen MR) is 79.0 cm³/mol. The zero-order valence-corrected chi connectivity index (χ0v) is 13.7. The summed E-state index contributed by atoms with van der Waals surface area (Å²) >= 11 is 0. The molecule has 9 heteroatoms. The molecule has 0 radical (unpaired) electrons. The van der Waals surface area contributed by atoms with Crippen molar-refractivity contribution in [3.8, 4) is 5.75 Å². The highest BCUT2D eigenvalue weighted by Crippen LogP contribution is 2.38. The van der Waals surface area contributed by atoms with Gasteiger partial charge in [0.05, 0.1) is 17.7 Å². The predicted octanol–water partition coefficient (Wildman–Crippen LogP) is 4.66. The molecule has 1 unspecified atom stereocenters. The highest BCUT2D eigenvalue weighted by atomic mass is 19.4. The Morgan fingerprint density at radius 3 is 2.04 bits per heavy atom. The molecule has 1 rings (SSSR count). The lowest BCUT2D eigenvalue weighted by Gasteiger charge is -2.15. The minimum Gasteiger partial charge on any atom is -0.492 e. The highest BCUT2D eigenvalue weighted by molar-refractivity contribution is 5.76. The average Bonchev–Trinajstić information content (AvgIpc) is 2.49. The third kappa shape index (κ3) is 7.23. The van der Waals surface area contributed by atoms with Crippen LogP contribution in [0.15, 0.2) is 18.2 Å². The van der Waals surface area contributed by atoms with E-state index in [0.29, 0.717) is 12.1 Å². The number of rotatable bonds is 7. The van der Waals surface area contributed by atoms with E-state index in [2.05, 4.69) is 5.32 Å². The van der Waals surface area contributed by atoms with Gasteiger partial charge in [-0.3, -0.25) is 4.79 Å². The summed E-state index contributed by atoms with van der Waals surface area (Å²) in [5, 5.41) is 2.50. The van der Waals surface area contributed by atoms with Crippen LogP contribution in [0.5, 0.6) is 5.75 Å². The Balaban J connectivity index is 2.71. The maximum Gasteiger partial charge on any atom is 0.416 e. The van der Waals surface area contributed by atoms with E-state index < -0.39 is 29.2 Å². The number of hydrogen-bond donors (Lipinski definition) is 1. The van der Waals surface area contributed by atoms with Crippen LogP contribution in [0.25, 0.3) is 0 Å². The second kappa shape index (κ2) is 8.44. The molecule has 1 atom stereocenters. The maximum atomic E-state index is 12.7. The van der Waals surface area contributed by atoms with Gasteiger partial charge in [0.25, 0.3) is 0 Å². The molecule has 0 saturated heterocycles. The third-order valence-electron chi connectivity index (χ3n) is 3.48. The molecule has 3 nitrogen and oxygen atoms in total. The van der Waals surface area contributed by atoms with Gasteiger partial charge in [0.15, 0.2) is 0 Å². The molecule has 1 aromatic rings. The third-order valence-corrected chi connectivity index (χ3v) is 3.48. The first-order valence-electron chi connectivity index (χ1n) is 7.62. The van der Waals surface area contributed by atoms with Gasteiger partial charge in [0, 0.05) is 6.42 Å². The van der Waals surface area contributed by atoms with Crippen LogP contribution in [0.3, 0.4) is 0 Å². The second-order valence-electron chi connectivity index (χ2n) is 5.66. The summed E-state index contributed by atoms with van der Waals surface area (Å²) in [4.78, 5) is 11.5. The molecule has 0 aliphatic rings. The Morgan fingerprint density at radius 2 is 1.60 bits per heavy atom. The molecule has 0 fully saturated rings. The lowest BCUT2D eigenvalue weighted by molar-refractivity contribution is -0.143. The molecule has 1 amide bonds. The molecule has 0 aliphatic heterocycles. The van der Waals surface area contributed by atoms with Gasteiger partial charge in [0.2, 0.25) is 5.91 Å². The summed E-state index contributed by atoms with van der Waals surface area (Å²) in [6.45, 7) is 3.54. The van der Waals surface area contributed by atoms with E-state index in [1.54, 1.807) is 0 Å². The van der Waals surface area contributed by atoms with Crippen molar-refractivity contribution in [3.63, 3.8) is 0 Å². The molecule has 0 spiro atoms. The molecule has 0 heterocycles. The van der Waals surface area contributed by atoms with Gasteiger partial charge in [-0.1, -0.05) is 20.3 Å². The van der Waals surface area contributed by atoms with Crippen molar-refractivity contribution in [1.82, 2.24) is 5.32 Å². The topological polar surface area (TPSA) is 38.3 Å². The molecule has 1 aromatic carbocycles. The summed E-state index contributed by atoms with van der Waals surface area (Å²) < 4.78 is 81.2. The minimum atomic E-state index is -4.93. The number of amides is 1. The summed E-state index contributed by atoms with van der Waals surface area (Å²) in [5.41, 5.74) is -2.89. The van der Waals surface area contributed by atoms with Gasteiger partial charge in [-0.25, -0.2) is 0 Å². The van der Waals surface area contributed by atoms with E-state index in [1.165, 1.54) is 0 Å². The molecule has 142 valence electrons. The van der Waals surface area contributed by atoms with Crippen molar-refractivity contribution < 1.29 is 35.9 Å². The van der Waals surface area contributed by atoms with Crippen LogP contribution in [0.2, 0.25) is 0 Å². The zero-order chi connectivity index (χ0) is 19.3. The normalized spacial score (nSPS) is 13.4. The Labute approximate surface area is 141 Å². The molecular formula is C16H19F6NO2. The van der Waals surface area contributed by atoms with Crippen molar-refractivity contribution in [1.29, 1.82) is 0 Å². The smallest absolute Gasteiger partial charge is 0.416 e. The first-order valence-corrected chi connectivity index (χ1v) is 7.62. The van der Waals surface area contributed by atoms with Gasteiger partial charge >= 0.3 is 12.4 Å². The van der Waals surface area contributed by atoms with Crippen LogP contribution >= 0.6 is 0 Å². The minimum absolute atomic E-state index is 0.0210. The fraction of sp³-hybridized carbons (Fsp3) is 0.562. The molecule has 0 bridgehead atoms. The fourth-order valence-corrected chi connectivity index (χ4v) is 1.90. The lowest BCUT2D eigenvalue weighted by atomic mass is 10.1. The number of carbonyl (C=O) groups is 1. The van der Waals surface area contributed by atoms with Crippen molar-refractivity contribution >= 4 is 5.91 Å². The summed E-state index contributed by atoms with van der Waals surface area (Å²) in [6, 6.07) is 1.02. The molecule has 25 heavy (non-hydrogen) atoms. The second-order valence-corrected chi connectivity index (χ2v) is 5.66. The van der Waals surface area contributed by atoms with E-state index >= 15 is 0 Å². The van der Waals surface area contributed by atoms with Crippen LogP contribution in [0.1, 0.15) is 37.8 Å². The van der Waals surface area contributed by atoms with Gasteiger partial charge in [-0.05, 0) is 24.1 Å². The number of ether oxygens (including phenoxy) is 1. The molecule has 0 aromatic heterocycles. The Hall–Kier alpha value is -1.93. The van der Waals surface area contributed by atoms with Gasteiger partial charge in [-0.15, -0.1) is 0 Å². The van der Waals surface area contributed by atoms with E-state index in [9.17, 15) is 31.1 Å². The van der Waals surface area contributed by atoms with Crippen LogP contribution in [-0.2, 0) is 17.1 Å². The van der Waals surface area contributed by atoms with E-state index in [1.807, 2.05) is 13.8 Å². The first-order chi connectivity index (χ1) is 11.4.